The van der Waals surface area contributed by atoms with E-state index in [9.17, 15) is 9.59 Å². The number of aromatic nitrogens is 5. The number of pyridine rings is 1. The normalized spacial score (nSPS) is 17.5. The van der Waals surface area contributed by atoms with Gasteiger partial charge in [-0.05, 0) is 25.8 Å². The summed E-state index contributed by atoms with van der Waals surface area (Å²) in [5, 5.41) is 15.3. The molecule has 0 radical (unpaired) electrons. The van der Waals surface area contributed by atoms with Crippen LogP contribution in [-0.2, 0) is 0 Å². The summed E-state index contributed by atoms with van der Waals surface area (Å²) in [6.45, 7) is 5.34. The average Bonchev–Trinajstić information content (AvgIpc) is 3.42. The van der Waals surface area contributed by atoms with Crippen LogP contribution in [0.25, 0.3) is 0 Å². The van der Waals surface area contributed by atoms with Crippen molar-refractivity contribution >= 4 is 17.4 Å². The minimum Gasteiger partial charge on any atom is -0.490 e. The number of rotatable bonds is 6. The summed E-state index contributed by atoms with van der Waals surface area (Å²) in [6, 6.07) is 3.79. The molecule has 5 rings (SSSR count). The van der Waals surface area contributed by atoms with Crippen molar-refractivity contribution in [2.45, 2.75) is 25.8 Å². The second kappa shape index (κ2) is 10.6. The van der Waals surface area contributed by atoms with Crippen molar-refractivity contribution in [1.29, 1.82) is 5.26 Å². The summed E-state index contributed by atoms with van der Waals surface area (Å²) in [4.78, 5) is 43.7. The lowest BCUT2D eigenvalue weighted by molar-refractivity contribution is 0.0745. The third kappa shape index (κ3) is 5.20. The molecule has 2 aliphatic rings. The first kappa shape index (κ1) is 24.2. The maximum Gasteiger partial charge on any atom is 0.269 e. The van der Waals surface area contributed by atoms with Gasteiger partial charge in [0.1, 0.15) is 24.2 Å². The molecule has 1 N–H and O–H groups in total. The summed E-state index contributed by atoms with van der Waals surface area (Å²) < 4.78 is 6.06. The second-order valence-electron chi connectivity index (χ2n) is 9.07. The van der Waals surface area contributed by atoms with Crippen LogP contribution in [0.5, 0.6) is 5.75 Å². The lowest BCUT2D eigenvalue weighted by atomic mass is 10.2. The van der Waals surface area contributed by atoms with Crippen molar-refractivity contribution < 1.29 is 9.53 Å². The van der Waals surface area contributed by atoms with Gasteiger partial charge in [0.25, 0.3) is 11.5 Å². The third-order valence-corrected chi connectivity index (χ3v) is 6.81. The van der Waals surface area contributed by atoms with Gasteiger partial charge in [-0.25, -0.2) is 15.1 Å². The maximum absolute atomic E-state index is 13.1. The summed E-state index contributed by atoms with van der Waals surface area (Å²) in [7, 11) is 0. The lowest BCUT2D eigenvalue weighted by Crippen LogP contribution is -2.49. The topological polar surface area (TPSA) is 144 Å². The Morgan fingerprint density at radius 3 is 2.73 bits per heavy atom. The Bertz CT molecular complexity index is 1360. The number of H-pyrrole nitrogens is 1. The predicted molar refractivity (Wildman–Crippen MR) is 135 cm³/mol. The number of carbonyl (C=O) groups is 1. The molecule has 2 aliphatic heterocycles. The minimum atomic E-state index is -0.190. The number of hydrogen-bond donors (Lipinski definition) is 1. The molecule has 5 heterocycles. The van der Waals surface area contributed by atoms with E-state index < -0.39 is 0 Å². The highest BCUT2D eigenvalue weighted by Gasteiger charge is 2.28. The van der Waals surface area contributed by atoms with Gasteiger partial charge in [0.05, 0.1) is 42.1 Å². The molecule has 3 aromatic rings. The molecule has 3 aromatic heterocycles. The van der Waals surface area contributed by atoms with Gasteiger partial charge in [0.2, 0.25) is 0 Å². The van der Waals surface area contributed by atoms with Gasteiger partial charge in [-0.3, -0.25) is 14.6 Å². The largest absolute Gasteiger partial charge is 0.490 e. The molecule has 0 unspecified atom stereocenters. The highest BCUT2D eigenvalue weighted by atomic mass is 16.5. The maximum atomic E-state index is 13.1. The number of ether oxygens (including phenoxy) is 1. The number of nitriles is 1. The molecular weight excluding hydrogens is 474 g/mol. The van der Waals surface area contributed by atoms with Gasteiger partial charge in [0, 0.05) is 44.5 Å². The highest BCUT2D eigenvalue weighted by molar-refractivity contribution is 5.94. The number of amides is 1. The quantitative estimate of drug-likeness (QED) is 0.522. The van der Waals surface area contributed by atoms with E-state index in [0.717, 1.165) is 25.1 Å². The van der Waals surface area contributed by atoms with Crippen LogP contribution in [0.2, 0.25) is 0 Å². The number of aromatic amines is 1. The molecule has 0 bridgehead atoms. The van der Waals surface area contributed by atoms with E-state index in [-0.39, 0.29) is 23.2 Å². The lowest BCUT2D eigenvalue weighted by Gasteiger charge is -2.35. The standard InChI is InChI=1S/C25H27N9O3/c1-17-22(14-30-31-24(17)35)34-4-2-3-20(34)16-37-21-9-18(11-27-13-21)25(36)33-7-5-32(6-8-33)23-15-28-19(10-26)12-29-23/h9,11-15,20H,2-8,16H2,1H3,(H,31,35)/t20-/m0/s1. The Morgan fingerprint density at radius 2 is 1.97 bits per heavy atom. The van der Waals surface area contributed by atoms with Crippen molar-refractivity contribution in [2.24, 2.45) is 0 Å². The van der Waals surface area contributed by atoms with Gasteiger partial charge in [0.15, 0.2) is 5.69 Å². The Morgan fingerprint density at radius 1 is 1.14 bits per heavy atom. The van der Waals surface area contributed by atoms with Gasteiger partial charge in [-0.1, -0.05) is 0 Å². The van der Waals surface area contributed by atoms with Crippen molar-refractivity contribution in [2.75, 3.05) is 49.1 Å². The summed E-state index contributed by atoms with van der Waals surface area (Å²) in [5.74, 6) is 1.12. The summed E-state index contributed by atoms with van der Waals surface area (Å²) in [6.07, 6.45) is 9.82. The number of anilines is 2. The van der Waals surface area contributed by atoms with Crippen LogP contribution in [0, 0.1) is 18.3 Å². The van der Waals surface area contributed by atoms with Crippen LogP contribution in [0.3, 0.4) is 0 Å². The van der Waals surface area contributed by atoms with Crippen LogP contribution in [0.4, 0.5) is 11.5 Å². The van der Waals surface area contributed by atoms with Crippen LogP contribution in [-0.4, -0.2) is 81.3 Å². The fourth-order valence-corrected chi connectivity index (χ4v) is 4.74. The molecule has 12 nitrogen and oxygen atoms in total. The van der Waals surface area contributed by atoms with Crippen LogP contribution >= 0.6 is 0 Å². The number of carbonyl (C=O) groups excluding carboxylic acids is 1. The summed E-state index contributed by atoms with van der Waals surface area (Å²) in [5.41, 5.74) is 2.02. The highest BCUT2D eigenvalue weighted by Crippen LogP contribution is 2.27. The smallest absolute Gasteiger partial charge is 0.269 e. The van der Waals surface area contributed by atoms with Crippen LogP contribution < -0.4 is 20.1 Å². The SMILES string of the molecule is Cc1c(N2CCC[C@H]2COc2cncc(C(=O)N3CCN(c4cnc(C#N)cn4)CC3)c2)cn[nH]c1=O. The van der Waals surface area contributed by atoms with E-state index in [0.29, 0.717) is 55.5 Å². The van der Waals surface area contributed by atoms with E-state index in [4.69, 9.17) is 10.00 Å². The third-order valence-electron chi connectivity index (χ3n) is 6.81. The van der Waals surface area contributed by atoms with Crippen molar-refractivity contribution in [1.82, 2.24) is 30.0 Å². The predicted octanol–water partition coefficient (Wildman–Crippen LogP) is 1.15. The van der Waals surface area contributed by atoms with Gasteiger partial charge in [-0.15, -0.1) is 0 Å². The first-order chi connectivity index (χ1) is 18.0. The zero-order valence-corrected chi connectivity index (χ0v) is 20.5. The van der Waals surface area contributed by atoms with Crippen molar-refractivity contribution in [3.05, 3.63) is 64.2 Å². The molecule has 1 amide bonds. The molecule has 2 saturated heterocycles. The Hall–Kier alpha value is -4.53. The van der Waals surface area contributed by atoms with E-state index in [2.05, 4.69) is 30.0 Å². The van der Waals surface area contributed by atoms with Crippen molar-refractivity contribution in [3.63, 3.8) is 0 Å². The molecule has 0 spiro atoms. The van der Waals surface area contributed by atoms with E-state index >= 15 is 0 Å². The molecule has 2 fully saturated rings. The average molecular weight is 502 g/mol. The Labute approximate surface area is 213 Å². The molecule has 0 aromatic carbocycles. The first-order valence-corrected chi connectivity index (χ1v) is 12.2. The number of nitrogens with zero attached hydrogens (tertiary/aromatic N) is 8. The first-order valence-electron chi connectivity index (χ1n) is 12.2. The summed E-state index contributed by atoms with van der Waals surface area (Å²) >= 11 is 0. The molecule has 1 atom stereocenters. The van der Waals surface area contributed by atoms with E-state index in [1.54, 1.807) is 42.7 Å². The molecular formula is C25H27N9O3. The fraction of sp³-hybridized carbons (Fsp3) is 0.400. The Kier molecular flexibility index (Phi) is 6.93. The van der Waals surface area contributed by atoms with Gasteiger partial charge >= 0.3 is 0 Å². The molecule has 12 heteroatoms. The van der Waals surface area contributed by atoms with E-state index in [1.165, 1.54) is 6.20 Å². The minimum absolute atomic E-state index is 0.0973. The van der Waals surface area contributed by atoms with Crippen molar-refractivity contribution in [3.8, 4) is 11.8 Å². The molecule has 190 valence electrons. The van der Waals surface area contributed by atoms with E-state index in [1.807, 2.05) is 11.0 Å². The van der Waals surface area contributed by atoms with Crippen LogP contribution in [0.1, 0.15) is 34.5 Å². The zero-order valence-electron chi connectivity index (χ0n) is 20.5. The molecule has 0 saturated carbocycles. The number of piperazine rings is 1. The van der Waals surface area contributed by atoms with Crippen LogP contribution in [0.15, 0.2) is 41.8 Å². The molecule has 0 aliphatic carbocycles. The monoisotopic (exact) mass is 501 g/mol. The fourth-order valence-electron chi connectivity index (χ4n) is 4.74. The second-order valence-corrected chi connectivity index (χ2v) is 9.07. The van der Waals surface area contributed by atoms with Gasteiger partial charge in [-0.2, -0.15) is 10.4 Å². The zero-order chi connectivity index (χ0) is 25.8. The molecule has 37 heavy (non-hydrogen) atoms. The number of hydrogen-bond acceptors (Lipinski definition) is 10. The number of nitrogens with one attached hydrogen (secondary N) is 1. The van der Waals surface area contributed by atoms with Gasteiger partial charge < -0.3 is 19.4 Å². The Balaban J connectivity index is 1.18.